The fourth-order valence-corrected chi connectivity index (χ4v) is 13.2. The van der Waals surface area contributed by atoms with E-state index >= 15 is 0 Å². The van der Waals surface area contributed by atoms with Gasteiger partial charge in [-0.2, -0.15) is 0 Å². The molecule has 2 unspecified atom stereocenters. The van der Waals surface area contributed by atoms with Crippen molar-refractivity contribution in [3.63, 3.8) is 0 Å². The van der Waals surface area contributed by atoms with Crippen LogP contribution in [-0.4, -0.2) is 109 Å². The van der Waals surface area contributed by atoms with Gasteiger partial charge in [0.2, 0.25) is 11.8 Å². The molecule has 3 rings (SSSR count). The summed E-state index contributed by atoms with van der Waals surface area (Å²) >= 11 is 0.937. The molecule has 1 aliphatic rings. The number of nitrogen functional groups attached to an aromatic ring is 1. The monoisotopic (exact) mass is 1270 g/mol. The van der Waals surface area contributed by atoms with E-state index in [2.05, 4.69) is 50.4 Å². The number of amides is 2. The van der Waals surface area contributed by atoms with E-state index in [1.54, 1.807) is 0 Å². The second-order valence-corrected chi connectivity index (χ2v) is 27.8. The summed E-state index contributed by atoms with van der Waals surface area (Å²) in [4.78, 5) is 110. The topological polar surface area (TPSA) is 392 Å². The van der Waals surface area contributed by atoms with Crippen molar-refractivity contribution in [2.45, 2.75) is 257 Å². The van der Waals surface area contributed by atoms with Gasteiger partial charge < -0.3 is 69.0 Å². The number of Topliss-reactive ketones (excluding diaryl/α,β-unsaturated/α-hetero) is 1. The van der Waals surface area contributed by atoms with Crippen molar-refractivity contribution in [1.82, 2.24) is 30.2 Å². The van der Waals surface area contributed by atoms with Gasteiger partial charge in [-0.15, -0.1) is 0 Å². The van der Waals surface area contributed by atoms with Crippen molar-refractivity contribution in [2.75, 3.05) is 37.8 Å². The number of anilines is 1. The molecule has 0 bridgehead atoms. The zero-order valence-corrected chi connectivity index (χ0v) is 53.2. The molecule has 0 spiro atoms. The molecule has 3 heterocycles. The van der Waals surface area contributed by atoms with Crippen LogP contribution in [0.2, 0.25) is 0 Å². The molecule has 2 amide bonds. The number of phosphoric acid groups is 3. The van der Waals surface area contributed by atoms with E-state index in [9.17, 15) is 62.7 Å². The molecule has 25 nitrogen and oxygen atoms in total. The molecular weight excluding hydrogens is 1170 g/mol. The van der Waals surface area contributed by atoms with Gasteiger partial charge in [0.15, 0.2) is 22.8 Å². The molecule has 0 radical (unpaired) electrons. The van der Waals surface area contributed by atoms with Gasteiger partial charge >= 0.3 is 0 Å². The number of nitrogens with zero attached hydrogens (tertiary/aromatic N) is 4. The molecule has 484 valence electrons. The summed E-state index contributed by atoms with van der Waals surface area (Å²) < 4.78 is 61.0. The number of carbonyl (C=O) groups excluding carboxylic acids is 4. The maximum atomic E-state index is 12.7. The standard InChI is InChI=1S/C55H100N7O18P3S/c1-4-5-6-7-8-9-10-11-12-13-14-15-16-17-18-19-20-21-22-23-24-25-26-27-28-29-30-31-32-33-43(63)38-46(65)84-37-36-57-45(64)34-35-58-53(68)50(67)55(2,3)40-77-83(74,75)80-82(72,73)76-39-44-49(79-81(69,70)71)48(66)54(78-44)62-42-61-47-51(56)59-41-60-52(47)62/h41-42,44,48-50,54,66-67H,4-40H2,1-3H3,(H,57,64)(H,58,68)(H,72,73)(H,74,75)(H2,56,59,60)(H2,69,70,71)/p-4/t44-,48-,49-,50+,54-/m1/s1. The van der Waals surface area contributed by atoms with Gasteiger partial charge in [-0.25, -0.2) is 19.3 Å². The lowest BCUT2D eigenvalue weighted by molar-refractivity contribution is -0.347. The summed E-state index contributed by atoms with van der Waals surface area (Å²) in [6, 6.07) is 0. The molecule has 2 aromatic heterocycles. The molecule has 84 heavy (non-hydrogen) atoms. The number of ether oxygens (including phenoxy) is 1. The number of imidazole rings is 1. The Morgan fingerprint density at radius 2 is 1.20 bits per heavy atom. The minimum absolute atomic E-state index is 0.0242. The fraction of sp³-hybridized carbons (Fsp3) is 0.836. The maximum Gasteiger partial charge on any atom is 0.274 e. The molecule has 2 aromatic rings. The number of carbonyl (C=O) groups is 4. The summed E-state index contributed by atoms with van der Waals surface area (Å²) in [5.74, 6) is -1.49. The Kier molecular flexibility index (Phi) is 37.2. The number of nitrogens with two attached hydrogens (primary N) is 1. The van der Waals surface area contributed by atoms with Crippen LogP contribution in [0.4, 0.5) is 5.82 Å². The lowest BCUT2D eigenvalue weighted by atomic mass is 9.87. The van der Waals surface area contributed by atoms with Crippen molar-refractivity contribution < 1.29 is 85.3 Å². The predicted molar refractivity (Wildman–Crippen MR) is 312 cm³/mol. The number of aliphatic hydroxyl groups is 2. The number of fused-ring (bicyclic) bond motifs is 1. The lowest BCUT2D eigenvalue weighted by Crippen LogP contribution is -2.46. The van der Waals surface area contributed by atoms with Crippen LogP contribution >= 0.6 is 35.2 Å². The SMILES string of the molecule is CCCCCCCCCCCCCCCCCCCCCCCCCCCCCCCC(=O)CC(=O)SCCNC(=O)CCNC(=O)[C@H](O)C(C)(C)COP(=O)([O-])OP(=O)([O-])OC[C@H]1O[C@@H](n2cnc3c(N)ncnc32)[C@H](O)[C@@H]1OP(=O)([O-])[O-]. The summed E-state index contributed by atoms with van der Waals surface area (Å²) in [6.45, 7) is 2.24. The van der Waals surface area contributed by atoms with Gasteiger partial charge in [0.25, 0.3) is 15.6 Å². The van der Waals surface area contributed by atoms with Gasteiger partial charge in [0.1, 0.15) is 42.0 Å². The van der Waals surface area contributed by atoms with Crippen molar-refractivity contribution >= 4 is 74.9 Å². The van der Waals surface area contributed by atoms with Gasteiger partial charge in [-0.1, -0.05) is 212 Å². The Labute approximate surface area is 501 Å². The molecule has 0 aliphatic carbocycles. The Balaban J connectivity index is 1.14. The van der Waals surface area contributed by atoms with Crippen LogP contribution in [0.5, 0.6) is 0 Å². The maximum absolute atomic E-state index is 12.7. The Morgan fingerprint density at radius 1 is 0.714 bits per heavy atom. The number of thioether (sulfide) groups is 1. The Bertz CT molecular complexity index is 2370. The van der Waals surface area contributed by atoms with Crippen LogP contribution in [0.15, 0.2) is 12.7 Å². The molecule has 1 aliphatic heterocycles. The predicted octanol–water partition coefficient (Wildman–Crippen LogP) is 7.82. The second kappa shape index (κ2) is 41.4. The summed E-state index contributed by atoms with van der Waals surface area (Å²) in [7, 11) is -17.7. The van der Waals surface area contributed by atoms with Crippen molar-refractivity contribution in [2.24, 2.45) is 5.41 Å². The third kappa shape index (κ3) is 32.5. The van der Waals surface area contributed by atoms with Gasteiger partial charge in [-0.05, 0) is 6.42 Å². The normalized spacial score (nSPS) is 18.4. The number of nitrogens with one attached hydrogen (secondary N) is 2. The van der Waals surface area contributed by atoms with Crippen LogP contribution in [-0.2, 0) is 55.5 Å². The first kappa shape index (κ1) is 75.5. The van der Waals surface area contributed by atoms with Crippen LogP contribution < -0.4 is 35.9 Å². The van der Waals surface area contributed by atoms with Crippen LogP contribution in [0.25, 0.3) is 11.2 Å². The van der Waals surface area contributed by atoms with Crippen LogP contribution in [0.1, 0.15) is 232 Å². The highest BCUT2D eigenvalue weighted by Gasteiger charge is 2.47. The molecule has 1 fully saturated rings. The minimum Gasteiger partial charge on any atom is -0.790 e. The van der Waals surface area contributed by atoms with Gasteiger partial charge in [0.05, 0.1) is 33.8 Å². The zero-order valence-electron chi connectivity index (χ0n) is 49.7. The van der Waals surface area contributed by atoms with Crippen LogP contribution in [0, 0.1) is 5.41 Å². The Morgan fingerprint density at radius 3 is 1.70 bits per heavy atom. The average molecular weight is 1270 g/mol. The number of rotatable bonds is 51. The molecule has 7 atom stereocenters. The van der Waals surface area contributed by atoms with Crippen molar-refractivity contribution in [1.29, 1.82) is 0 Å². The first-order chi connectivity index (χ1) is 39.9. The number of phosphoric ester groups is 3. The van der Waals surface area contributed by atoms with Crippen LogP contribution in [0.3, 0.4) is 0 Å². The highest BCUT2D eigenvalue weighted by molar-refractivity contribution is 8.13. The van der Waals surface area contributed by atoms with Crippen molar-refractivity contribution in [3.05, 3.63) is 12.7 Å². The third-order valence-electron chi connectivity index (χ3n) is 14.6. The van der Waals surface area contributed by atoms with E-state index in [1.807, 2.05) is 0 Å². The summed E-state index contributed by atoms with van der Waals surface area (Å²) in [6.07, 6.45) is 30.9. The van der Waals surface area contributed by atoms with Crippen molar-refractivity contribution in [3.8, 4) is 0 Å². The molecule has 29 heteroatoms. The smallest absolute Gasteiger partial charge is 0.274 e. The molecular formula is C55H96N7O18P3S-4. The quantitative estimate of drug-likeness (QED) is 0.0239. The largest absolute Gasteiger partial charge is 0.790 e. The van der Waals surface area contributed by atoms with E-state index in [0.717, 1.165) is 54.7 Å². The zero-order chi connectivity index (χ0) is 61.9. The van der Waals surface area contributed by atoms with Gasteiger partial charge in [-0.3, -0.25) is 32.9 Å². The fourth-order valence-electron chi connectivity index (χ4n) is 9.74. The number of aliphatic hydroxyl groups excluding tert-OH is 2. The third-order valence-corrected chi connectivity index (χ3v) is 18.5. The van der Waals surface area contributed by atoms with E-state index in [0.29, 0.717) is 6.42 Å². The lowest BCUT2D eigenvalue weighted by Gasteiger charge is -2.36. The van der Waals surface area contributed by atoms with E-state index in [-0.39, 0.29) is 59.6 Å². The highest BCUT2D eigenvalue weighted by atomic mass is 32.2. The summed E-state index contributed by atoms with van der Waals surface area (Å²) in [5.41, 5.74) is 4.07. The summed E-state index contributed by atoms with van der Waals surface area (Å²) in [5, 5.41) is 26.1. The first-order valence-electron chi connectivity index (χ1n) is 30.4. The number of hydrogen-bond acceptors (Lipinski definition) is 23. The average Bonchev–Trinajstić information content (AvgIpc) is 2.09. The van der Waals surface area contributed by atoms with E-state index < -0.39 is 84.6 Å². The molecule has 1 saturated heterocycles. The number of unbranched alkanes of at least 4 members (excludes halogenated alkanes) is 28. The Hall–Kier alpha value is -2.77. The minimum atomic E-state index is -5.94. The molecule has 6 N–H and O–H groups in total. The van der Waals surface area contributed by atoms with E-state index in [1.165, 1.54) is 174 Å². The number of ketones is 1. The second-order valence-electron chi connectivity index (χ2n) is 22.6. The molecule has 0 saturated carbocycles. The molecule has 0 aromatic carbocycles. The number of aromatic nitrogens is 4. The highest BCUT2D eigenvalue weighted by Crippen LogP contribution is 2.56. The number of hydrogen-bond donors (Lipinski definition) is 5. The van der Waals surface area contributed by atoms with E-state index in [4.69, 9.17) is 10.5 Å². The first-order valence-corrected chi connectivity index (χ1v) is 35.8. The van der Waals surface area contributed by atoms with Gasteiger partial charge in [0, 0.05) is 37.1 Å².